The Labute approximate surface area is 122 Å². The minimum absolute atomic E-state index is 0.0686. The van der Waals surface area contributed by atoms with Crippen LogP contribution in [0.5, 0.6) is 0 Å². The molecule has 118 valence electrons. The van der Waals surface area contributed by atoms with Gasteiger partial charge in [0.25, 0.3) is 0 Å². The van der Waals surface area contributed by atoms with Gasteiger partial charge in [-0.15, -0.1) is 0 Å². The van der Waals surface area contributed by atoms with Gasteiger partial charge in [0.2, 0.25) is 0 Å². The standard InChI is InChI=1S/C15H30N2O3/c1-6-7-8-9-17(5)14(20)16-11-12(13(18)19)10-15(2,3)4/h12H,6-11H2,1-5H3,(H,16,20)(H,18,19). The Balaban J connectivity index is 4.20. The van der Waals surface area contributed by atoms with E-state index in [2.05, 4.69) is 12.2 Å². The van der Waals surface area contributed by atoms with Gasteiger partial charge < -0.3 is 15.3 Å². The topological polar surface area (TPSA) is 69.6 Å². The second-order valence-corrected chi connectivity index (χ2v) is 6.61. The van der Waals surface area contributed by atoms with Crippen LogP contribution in [0, 0.1) is 11.3 Å². The molecule has 1 unspecified atom stereocenters. The first-order valence-corrected chi connectivity index (χ1v) is 7.39. The van der Waals surface area contributed by atoms with Crippen molar-refractivity contribution in [2.24, 2.45) is 11.3 Å². The van der Waals surface area contributed by atoms with Crippen LogP contribution in [0.4, 0.5) is 4.79 Å². The SMILES string of the molecule is CCCCCN(C)C(=O)NCC(CC(C)(C)C)C(=O)O. The van der Waals surface area contributed by atoms with E-state index in [0.717, 1.165) is 19.3 Å². The highest BCUT2D eigenvalue weighted by molar-refractivity contribution is 5.75. The third-order valence-corrected chi connectivity index (χ3v) is 3.15. The van der Waals surface area contributed by atoms with E-state index in [0.29, 0.717) is 13.0 Å². The molecule has 0 bridgehead atoms. The summed E-state index contributed by atoms with van der Waals surface area (Å²) < 4.78 is 0. The van der Waals surface area contributed by atoms with Crippen molar-refractivity contribution < 1.29 is 14.7 Å². The molecule has 20 heavy (non-hydrogen) atoms. The lowest BCUT2D eigenvalue weighted by Gasteiger charge is -2.24. The number of hydrogen-bond acceptors (Lipinski definition) is 2. The number of aliphatic carboxylic acids is 1. The molecule has 0 aliphatic rings. The average molecular weight is 286 g/mol. The largest absolute Gasteiger partial charge is 0.481 e. The molecule has 5 nitrogen and oxygen atoms in total. The van der Waals surface area contributed by atoms with Crippen LogP contribution in [0.1, 0.15) is 53.4 Å². The van der Waals surface area contributed by atoms with Crippen LogP contribution in [0.3, 0.4) is 0 Å². The zero-order chi connectivity index (χ0) is 15.8. The molecular weight excluding hydrogens is 256 g/mol. The quantitative estimate of drug-likeness (QED) is 0.674. The Kier molecular flexibility index (Phi) is 8.26. The maximum absolute atomic E-state index is 11.9. The molecule has 0 aliphatic heterocycles. The minimum atomic E-state index is -0.853. The van der Waals surface area contributed by atoms with Gasteiger partial charge in [0.1, 0.15) is 0 Å². The Morgan fingerprint density at radius 1 is 1.25 bits per heavy atom. The average Bonchev–Trinajstić information content (AvgIpc) is 2.32. The monoisotopic (exact) mass is 286 g/mol. The molecule has 0 aromatic rings. The van der Waals surface area contributed by atoms with Crippen molar-refractivity contribution in [3.8, 4) is 0 Å². The number of carboxylic acids is 1. The number of hydrogen-bond donors (Lipinski definition) is 2. The maximum Gasteiger partial charge on any atom is 0.317 e. The van der Waals surface area contributed by atoms with Crippen LogP contribution in [-0.4, -0.2) is 42.1 Å². The van der Waals surface area contributed by atoms with E-state index in [4.69, 9.17) is 0 Å². The number of carboxylic acid groups (broad SMARTS) is 1. The van der Waals surface area contributed by atoms with E-state index in [-0.39, 0.29) is 18.0 Å². The first-order chi connectivity index (χ1) is 9.17. The molecule has 5 heteroatoms. The van der Waals surface area contributed by atoms with E-state index >= 15 is 0 Å². The van der Waals surface area contributed by atoms with Gasteiger partial charge in [-0.25, -0.2) is 4.79 Å². The summed E-state index contributed by atoms with van der Waals surface area (Å²) in [5, 5.41) is 11.9. The van der Waals surface area contributed by atoms with E-state index < -0.39 is 11.9 Å². The summed E-state index contributed by atoms with van der Waals surface area (Å²) in [5.41, 5.74) is -0.0686. The van der Waals surface area contributed by atoms with Crippen LogP contribution in [0.2, 0.25) is 0 Å². The van der Waals surface area contributed by atoms with Crippen molar-refractivity contribution in [1.82, 2.24) is 10.2 Å². The van der Waals surface area contributed by atoms with Crippen molar-refractivity contribution in [3.63, 3.8) is 0 Å². The molecule has 0 rings (SSSR count). The summed E-state index contributed by atoms with van der Waals surface area (Å²) in [6, 6.07) is -0.193. The lowest BCUT2D eigenvalue weighted by molar-refractivity contribution is -0.142. The molecule has 1 atom stereocenters. The predicted molar refractivity (Wildman–Crippen MR) is 80.8 cm³/mol. The summed E-state index contributed by atoms with van der Waals surface area (Å²) >= 11 is 0. The number of nitrogens with zero attached hydrogens (tertiary/aromatic N) is 1. The number of nitrogens with one attached hydrogen (secondary N) is 1. The van der Waals surface area contributed by atoms with E-state index in [9.17, 15) is 14.7 Å². The van der Waals surface area contributed by atoms with Gasteiger partial charge in [-0.1, -0.05) is 40.5 Å². The zero-order valence-corrected chi connectivity index (χ0v) is 13.5. The fourth-order valence-corrected chi connectivity index (χ4v) is 2.03. The smallest absolute Gasteiger partial charge is 0.317 e. The molecule has 0 aromatic heterocycles. The number of carbonyl (C=O) groups is 2. The Hall–Kier alpha value is -1.26. The van der Waals surface area contributed by atoms with Gasteiger partial charge >= 0.3 is 12.0 Å². The second kappa shape index (κ2) is 8.82. The highest BCUT2D eigenvalue weighted by Crippen LogP contribution is 2.24. The molecule has 0 aromatic carbocycles. The van der Waals surface area contributed by atoms with Crippen molar-refractivity contribution in [2.75, 3.05) is 20.1 Å². The Bertz CT molecular complexity index is 311. The minimum Gasteiger partial charge on any atom is -0.481 e. The first kappa shape index (κ1) is 18.7. The normalized spacial score (nSPS) is 12.8. The first-order valence-electron chi connectivity index (χ1n) is 7.39. The molecule has 0 fully saturated rings. The fraction of sp³-hybridized carbons (Fsp3) is 0.867. The third kappa shape index (κ3) is 8.77. The summed E-state index contributed by atoms with van der Waals surface area (Å²) in [7, 11) is 1.74. The lowest BCUT2D eigenvalue weighted by Crippen LogP contribution is -2.42. The van der Waals surface area contributed by atoms with Crippen molar-refractivity contribution in [1.29, 1.82) is 0 Å². The van der Waals surface area contributed by atoms with Crippen LogP contribution >= 0.6 is 0 Å². The Morgan fingerprint density at radius 2 is 1.85 bits per heavy atom. The molecule has 0 saturated heterocycles. The van der Waals surface area contributed by atoms with Gasteiger partial charge in [0.05, 0.1) is 5.92 Å². The number of unbranched alkanes of at least 4 members (excludes halogenated alkanes) is 2. The zero-order valence-electron chi connectivity index (χ0n) is 13.5. The summed E-state index contributed by atoms with van der Waals surface area (Å²) in [5.74, 6) is -1.39. The molecule has 0 saturated carbocycles. The van der Waals surface area contributed by atoms with Crippen molar-refractivity contribution in [3.05, 3.63) is 0 Å². The lowest BCUT2D eigenvalue weighted by atomic mass is 9.84. The second-order valence-electron chi connectivity index (χ2n) is 6.61. The summed E-state index contributed by atoms with van der Waals surface area (Å²) in [4.78, 5) is 24.7. The summed E-state index contributed by atoms with van der Waals surface area (Å²) in [6.07, 6.45) is 3.73. The van der Waals surface area contributed by atoms with Gasteiger partial charge in [-0.05, 0) is 18.3 Å². The van der Waals surface area contributed by atoms with Gasteiger partial charge in [-0.2, -0.15) is 0 Å². The number of amides is 2. The highest BCUT2D eigenvalue weighted by Gasteiger charge is 2.25. The van der Waals surface area contributed by atoms with E-state index in [1.807, 2.05) is 20.8 Å². The Morgan fingerprint density at radius 3 is 2.30 bits per heavy atom. The van der Waals surface area contributed by atoms with Crippen molar-refractivity contribution in [2.45, 2.75) is 53.4 Å². The van der Waals surface area contributed by atoms with E-state index in [1.165, 1.54) is 0 Å². The molecule has 0 heterocycles. The van der Waals surface area contributed by atoms with Gasteiger partial charge in [0.15, 0.2) is 0 Å². The van der Waals surface area contributed by atoms with Crippen LogP contribution in [0.15, 0.2) is 0 Å². The third-order valence-electron chi connectivity index (χ3n) is 3.15. The molecular formula is C15H30N2O3. The van der Waals surface area contributed by atoms with Gasteiger partial charge in [-0.3, -0.25) is 4.79 Å². The fourth-order valence-electron chi connectivity index (χ4n) is 2.03. The van der Waals surface area contributed by atoms with E-state index in [1.54, 1.807) is 11.9 Å². The molecule has 0 aliphatic carbocycles. The number of carbonyl (C=O) groups excluding carboxylic acids is 1. The summed E-state index contributed by atoms with van der Waals surface area (Å²) in [6.45, 7) is 9.01. The van der Waals surface area contributed by atoms with Crippen LogP contribution < -0.4 is 5.32 Å². The maximum atomic E-state index is 11.9. The number of urea groups is 1. The number of rotatable bonds is 8. The van der Waals surface area contributed by atoms with Gasteiger partial charge in [0, 0.05) is 20.1 Å². The highest BCUT2D eigenvalue weighted by atomic mass is 16.4. The molecule has 0 spiro atoms. The van der Waals surface area contributed by atoms with Crippen LogP contribution in [0.25, 0.3) is 0 Å². The van der Waals surface area contributed by atoms with Crippen molar-refractivity contribution >= 4 is 12.0 Å². The molecule has 2 N–H and O–H groups in total. The molecule has 2 amide bonds. The molecule has 0 radical (unpaired) electrons. The predicted octanol–water partition coefficient (Wildman–Crippen LogP) is 2.96. The van der Waals surface area contributed by atoms with Crippen LogP contribution in [-0.2, 0) is 4.79 Å².